The van der Waals surface area contributed by atoms with Gasteiger partial charge in [0.15, 0.2) is 0 Å². The van der Waals surface area contributed by atoms with Gasteiger partial charge in [-0.15, -0.1) is 0 Å². The number of benzene rings is 2. The number of aliphatic carboxylic acids is 2. The van der Waals surface area contributed by atoms with Crippen LogP contribution in [0.15, 0.2) is 36.4 Å². The minimum Gasteiger partial charge on any atom is -0.489 e. The molecule has 0 saturated heterocycles. The van der Waals surface area contributed by atoms with Crippen molar-refractivity contribution in [3.63, 3.8) is 0 Å². The third kappa shape index (κ3) is 8.60. The van der Waals surface area contributed by atoms with Crippen LogP contribution < -0.4 is 15.0 Å². The first-order valence-corrected chi connectivity index (χ1v) is 12.2. The van der Waals surface area contributed by atoms with Crippen LogP contribution in [-0.4, -0.2) is 53.9 Å². The lowest BCUT2D eigenvalue weighted by Gasteiger charge is -2.18. The summed E-state index contributed by atoms with van der Waals surface area (Å²) in [6.07, 6.45) is -7.29. The predicted octanol–water partition coefficient (Wildman–Crippen LogP) is 4.75. The summed E-state index contributed by atoms with van der Waals surface area (Å²) in [4.78, 5) is 33.5. The van der Waals surface area contributed by atoms with Crippen molar-refractivity contribution < 1.29 is 55.7 Å². The Kier molecular flexibility index (Phi) is 9.66. The zero-order valence-corrected chi connectivity index (χ0v) is 20.9. The molecular weight excluding hydrogens is 550 g/mol. The van der Waals surface area contributed by atoms with Gasteiger partial charge in [0, 0.05) is 18.8 Å². The summed E-state index contributed by atoms with van der Waals surface area (Å²) in [6.45, 7) is 0.786. The molecule has 2 aliphatic rings. The zero-order chi connectivity index (χ0) is 29.7. The molecule has 1 aliphatic carbocycles. The number of carboxylic acids is 2. The van der Waals surface area contributed by atoms with E-state index in [2.05, 4.69) is 5.32 Å². The van der Waals surface area contributed by atoms with E-state index in [-0.39, 0.29) is 37.9 Å². The number of carbonyl (C=O) groups excluding carboxylic acids is 1. The SMILES string of the molecule is O=C(O)C(F)(F)F.O=C(O)CCNCC(=O)N1CCc2cc(OCc3ccc(C4CC4)c(C(F)(F)F)c3)ccc21. The van der Waals surface area contributed by atoms with E-state index >= 15 is 0 Å². The first-order chi connectivity index (χ1) is 18.7. The summed E-state index contributed by atoms with van der Waals surface area (Å²) in [5.74, 6) is -3.30. The van der Waals surface area contributed by atoms with Gasteiger partial charge in [-0.1, -0.05) is 12.1 Å². The zero-order valence-electron chi connectivity index (χ0n) is 20.9. The quantitative estimate of drug-likeness (QED) is 0.292. The second-order valence-electron chi connectivity index (χ2n) is 9.19. The van der Waals surface area contributed by atoms with Crippen LogP contribution >= 0.6 is 0 Å². The van der Waals surface area contributed by atoms with Crippen LogP contribution in [0.4, 0.5) is 32.0 Å². The minimum atomic E-state index is -5.08. The number of alkyl halides is 6. The van der Waals surface area contributed by atoms with E-state index in [0.29, 0.717) is 29.8 Å². The first kappa shape index (κ1) is 30.7. The fraction of sp³-hybridized carbons (Fsp3) is 0.423. The molecule has 40 heavy (non-hydrogen) atoms. The Morgan fingerprint density at radius 3 is 2.25 bits per heavy atom. The highest BCUT2D eigenvalue weighted by Crippen LogP contribution is 2.46. The monoisotopic (exact) mass is 576 g/mol. The summed E-state index contributed by atoms with van der Waals surface area (Å²) >= 11 is 0. The molecule has 8 nitrogen and oxygen atoms in total. The number of carbonyl (C=O) groups is 3. The molecule has 0 radical (unpaired) electrons. The van der Waals surface area contributed by atoms with Crippen molar-refractivity contribution in [3.05, 3.63) is 58.7 Å². The molecule has 218 valence electrons. The van der Waals surface area contributed by atoms with Gasteiger partial charge in [0.05, 0.1) is 18.5 Å². The van der Waals surface area contributed by atoms with Crippen LogP contribution in [0.1, 0.15) is 47.4 Å². The molecule has 3 N–H and O–H groups in total. The lowest BCUT2D eigenvalue weighted by Crippen LogP contribution is -2.37. The molecule has 0 aromatic heterocycles. The molecule has 1 aliphatic heterocycles. The number of hydrogen-bond donors (Lipinski definition) is 3. The highest BCUT2D eigenvalue weighted by molar-refractivity contribution is 5.96. The van der Waals surface area contributed by atoms with E-state index in [1.54, 1.807) is 29.2 Å². The number of rotatable bonds is 9. The summed E-state index contributed by atoms with van der Waals surface area (Å²) in [7, 11) is 0. The maximum absolute atomic E-state index is 13.5. The molecule has 2 aromatic rings. The fourth-order valence-corrected chi connectivity index (χ4v) is 4.07. The summed E-state index contributed by atoms with van der Waals surface area (Å²) < 4.78 is 77.9. The van der Waals surface area contributed by atoms with Gasteiger partial charge in [-0.25, -0.2) is 4.79 Å². The molecule has 4 rings (SSSR count). The lowest BCUT2D eigenvalue weighted by atomic mass is 10.00. The highest BCUT2D eigenvalue weighted by Gasteiger charge is 2.39. The van der Waals surface area contributed by atoms with Gasteiger partial charge in [0.25, 0.3) is 0 Å². The maximum atomic E-state index is 13.5. The van der Waals surface area contributed by atoms with Crippen molar-refractivity contribution in [1.29, 1.82) is 0 Å². The minimum absolute atomic E-state index is 0.00586. The number of nitrogens with zero attached hydrogens (tertiary/aromatic N) is 1. The van der Waals surface area contributed by atoms with Gasteiger partial charge in [-0.05, 0) is 66.1 Å². The summed E-state index contributed by atoms with van der Waals surface area (Å²) in [6, 6.07) is 9.71. The Hall–Kier alpha value is -3.81. The smallest absolute Gasteiger partial charge is 0.489 e. The van der Waals surface area contributed by atoms with E-state index in [1.807, 2.05) is 6.07 Å². The van der Waals surface area contributed by atoms with E-state index in [9.17, 15) is 35.9 Å². The Labute approximate surface area is 224 Å². The fourth-order valence-electron chi connectivity index (χ4n) is 4.07. The predicted molar refractivity (Wildman–Crippen MR) is 129 cm³/mol. The number of anilines is 1. The molecule has 1 fully saturated rings. The van der Waals surface area contributed by atoms with Crippen LogP contribution in [0.5, 0.6) is 5.75 Å². The molecule has 0 bridgehead atoms. The summed E-state index contributed by atoms with van der Waals surface area (Å²) in [5, 5.41) is 18.6. The van der Waals surface area contributed by atoms with Crippen LogP contribution in [0, 0.1) is 0 Å². The molecule has 0 spiro atoms. The standard InChI is InChI=1S/C24H25F3N2O4.C2HF3O2/c25-24(26,27)20-11-15(1-5-19(20)16-2-3-16)14-33-18-4-6-21-17(12-18)8-10-29(21)22(30)13-28-9-7-23(31)32;3-2(4,5)1(6)7/h1,4-6,11-12,16,28H,2-3,7-10,13-14H2,(H,31,32);(H,6,7). The van der Waals surface area contributed by atoms with E-state index < -0.39 is 29.9 Å². The number of ether oxygens (including phenoxy) is 1. The van der Waals surface area contributed by atoms with E-state index in [1.165, 1.54) is 6.07 Å². The maximum Gasteiger partial charge on any atom is 0.490 e. The third-order valence-electron chi connectivity index (χ3n) is 6.13. The molecule has 1 heterocycles. The topological polar surface area (TPSA) is 116 Å². The second kappa shape index (κ2) is 12.6. The van der Waals surface area contributed by atoms with Gasteiger partial charge in [0.1, 0.15) is 12.4 Å². The number of hydrogen-bond acceptors (Lipinski definition) is 5. The average Bonchev–Trinajstić information content (AvgIpc) is 3.63. The Morgan fingerprint density at radius 1 is 1.00 bits per heavy atom. The van der Waals surface area contributed by atoms with Crippen LogP contribution in [0.3, 0.4) is 0 Å². The van der Waals surface area contributed by atoms with Crippen LogP contribution in [0.2, 0.25) is 0 Å². The van der Waals surface area contributed by atoms with Crippen LogP contribution in [-0.2, 0) is 33.6 Å². The van der Waals surface area contributed by atoms with Gasteiger partial charge >= 0.3 is 24.3 Å². The van der Waals surface area contributed by atoms with Crippen molar-refractivity contribution >= 4 is 23.5 Å². The highest BCUT2D eigenvalue weighted by atomic mass is 19.4. The van der Waals surface area contributed by atoms with E-state index in [0.717, 1.165) is 24.1 Å². The van der Waals surface area contributed by atoms with Gasteiger partial charge in [-0.3, -0.25) is 9.59 Å². The molecule has 2 aromatic carbocycles. The Bertz CT molecular complexity index is 1240. The van der Waals surface area contributed by atoms with Crippen molar-refractivity contribution in [2.24, 2.45) is 0 Å². The van der Waals surface area contributed by atoms with E-state index in [4.69, 9.17) is 19.7 Å². The normalized spacial score (nSPS) is 14.7. The molecule has 0 unspecified atom stereocenters. The number of carboxylic acid groups (broad SMARTS) is 2. The van der Waals surface area contributed by atoms with Crippen molar-refractivity contribution in [2.45, 2.75) is 50.6 Å². The van der Waals surface area contributed by atoms with Crippen molar-refractivity contribution in [2.75, 3.05) is 24.5 Å². The number of nitrogens with one attached hydrogen (secondary N) is 1. The van der Waals surface area contributed by atoms with Gasteiger partial charge in [0.2, 0.25) is 5.91 Å². The first-order valence-electron chi connectivity index (χ1n) is 12.2. The largest absolute Gasteiger partial charge is 0.490 e. The summed E-state index contributed by atoms with van der Waals surface area (Å²) in [5.41, 5.74) is 1.93. The molecule has 1 amide bonds. The van der Waals surface area contributed by atoms with Gasteiger partial charge < -0.3 is 25.2 Å². The van der Waals surface area contributed by atoms with Crippen molar-refractivity contribution in [1.82, 2.24) is 5.32 Å². The number of amides is 1. The van der Waals surface area contributed by atoms with Crippen LogP contribution in [0.25, 0.3) is 0 Å². The van der Waals surface area contributed by atoms with Crippen molar-refractivity contribution in [3.8, 4) is 5.75 Å². The third-order valence-corrected chi connectivity index (χ3v) is 6.13. The molecule has 1 saturated carbocycles. The Balaban J connectivity index is 0.000000559. The average molecular weight is 576 g/mol. The number of fused-ring (bicyclic) bond motifs is 1. The second-order valence-corrected chi connectivity index (χ2v) is 9.19. The lowest BCUT2D eigenvalue weighted by molar-refractivity contribution is -0.192. The molecule has 0 atom stereocenters. The molecule has 14 heteroatoms. The number of halogens is 6. The Morgan fingerprint density at radius 2 is 1.68 bits per heavy atom. The van der Waals surface area contributed by atoms with Gasteiger partial charge in [-0.2, -0.15) is 26.3 Å². The molecular formula is C26H26F6N2O6.